The Labute approximate surface area is 187 Å². The third kappa shape index (κ3) is 5.53. The van der Waals surface area contributed by atoms with Crippen LogP contribution in [0.1, 0.15) is 22.8 Å². The van der Waals surface area contributed by atoms with E-state index in [1.807, 2.05) is 31.2 Å². The second kappa shape index (κ2) is 10.6. The topological polar surface area (TPSA) is 85.8 Å². The van der Waals surface area contributed by atoms with E-state index in [-0.39, 0.29) is 5.91 Å². The molecule has 4 rings (SSSR count). The van der Waals surface area contributed by atoms with E-state index in [4.69, 9.17) is 14.2 Å². The van der Waals surface area contributed by atoms with Gasteiger partial charge in [-0.15, -0.1) is 0 Å². The molecule has 0 bridgehead atoms. The van der Waals surface area contributed by atoms with E-state index in [0.29, 0.717) is 49.4 Å². The minimum Gasteiger partial charge on any atom is -0.494 e. The van der Waals surface area contributed by atoms with Crippen molar-refractivity contribution in [2.45, 2.75) is 13.5 Å². The Morgan fingerprint density at radius 2 is 1.69 bits per heavy atom. The summed E-state index contributed by atoms with van der Waals surface area (Å²) in [5, 5.41) is 2.93. The van der Waals surface area contributed by atoms with E-state index in [9.17, 15) is 4.79 Å². The molecule has 1 saturated heterocycles. The van der Waals surface area contributed by atoms with E-state index in [2.05, 4.69) is 20.2 Å². The van der Waals surface area contributed by atoms with Gasteiger partial charge in [-0.25, -0.2) is 9.97 Å². The van der Waals surface area contributed by atoms with Gasteiger partial charge in [-0.3, -0.25) is 4.79 Å². The lowest BCUT2D eigenvalue weighted by Gasteiger charge is -2.28. The average Bonchev–Trinajstić information content (AvgIpc) is 2.85. The summed E-state index contributed by atoms with van der Waals surface area (Å²) in [5.41, 5.74) is 1.55. The number of benzene rings is 2. The van der Waals surface area contributed by atoms with Gasteiger partial charge in [0.25, 0.3) is 11.8 Å². The molecule has 3 aromatic rings. The van der Waals surface area contributed by atoms with Gasteiger partial charge in [0.05, 0.1) is 19.8 Å². The second-order valence-electron chi connectivity index (χ2n) is 7.17. The van der Waals surface area contributed by atoms with Gasteiger partial charge in [-0.05, 0) is 48.9 Å². The fourth-order valence-electron chi connectivity index (χ4n) is 3.32. The van der Waals surface area contributed by atoms with Gasteiger partial charge in [-0.2, -0.15) is 0 Å². The number of nitrogens with one attached hydrogen (secondary N) is 1. The van der Waals surface area contributed by atoms with Gasteiger partial charge < -0.3 is 24.4 Å². The standard InChI is InChI=1S/C24H26N4O4/c1-2-31-20-7-3-18(4-8-20)17-27-23(29)19-5-9-21(10-6-19)32-24-22(25-11-12-26-24)28-13-15-30-16-14-28/h3-12H,2,13-17H2,1H3,(H,27,29). The molecule has 1 fully saturated rings. The van der Waals surface area contributed by atoms with E-state index >= 15 is 0 Å². The first kappa shape index (κ1) is 21.6. The molecule has 1 aromatic heterocycles. The van der Waals surface area contributed by atoms with E-state index in [1.54, 1.807) is 36.7 Å². The predicted octanol–water partition coefficient (Wildman–Crippen LogP) is 3.43. The van der Waals surface area contributed by atoms with E-state index < -0.39 is 0 Å². The van der Waals surface area contributed by atoms with Crippen molar-refractivity contribution in [2.75, 3.05) is 37.8 Å². The molecule has 2 aromatic carbocycles. The molecule has 8 heteroatoms. The maximum absolute atomic E-state index is 12.5. The zero-order valence-corrected chi connectivity index (χ0v) is 18.0. The maximum atomic E-state index is 12.5. The van der Waals surface area contributed by atoms with Crippen LogP contribution in [0, 0.1) is 0 Å². The van der Waals surface area contributed by atoms with Crippen molar-refractivity contribution >= 4 is 11.7 Å². The first-order chi connectivity index (χ1) is 15.7. The summed E-state index contributed by atoms with van der Waals surface area (Å²) >= 11 is 0. The van der Waals surface area contributed by atoms with E-state index in [1.165, 1.54) is 0 Å². The number of carbonyl (C=O) groups is 1. The lowest BCUT2D eigenvalue weighted by atomic mass is 10.2. The molecule has 0 unspecified atom stereocenters. The Morgan fingerprint density at radius 1 is 1.00 bits per heavy atom. The Hall–Kier alpha value is -3.65. The number of anilines is 1. The number of ether oxygens (including phenoxy) is 3. The number of carbonyl (C=O) groups excluding carboxylic acids is 1. The van der Waals surface area contributed by atoms with Gasteiger partial charge in [0.15, 0.2) is 5.82 Å². The van der Waals surface area contributed by atoms with Gasteiger partial charge in [-0.1, -0.05) is 12.1 Å². The number of aromatic nitrogens is 2. The molecule has 2 heterocycles. The average molecular weight is 434 g/mol. The van der Waals surface area contributed by atoms with Crippen molar-refractivity contribution in [3.63, 3.8) is 0 Å². The van der Waals surface area contributed by atoms with Crippen molar-refractivity contribution in [2.24, 2.45) is 0 Å². The maximum Gasteiger partial charge on any atom is 0.263 e. The molecule has 1 aliphatic rings. The van der Waals surface area contributed by atoms with Crippen LogP contribution < -0.4 is 19.7 Å². The van der Waals surface area contributed by atoms with Crippen LogP contribution in [-0.2, 0) is 11.3 Å². The molecule has 8 nitrogen and oxygen atoms in total. The third-order valence-corrected chi connectivity index (χ3v) is 4.98. The smallest absolute Gasteiger partial charge is 0.263 e. The lowest BCUT2D eigenvalue weighted by molar-refractivity contribution is 0.0951. The van der Waals surface area contributed by atoms with Crippen molar-refractivity contribution in [3.05, 3.63) is 72.1 Å². The minimum atomic E-state index is -0.154. The summed E-state index contributed by atoms with van der Waals surface area (Å²) in [6, 6.07) is 14.6. The highest BCUT2D eigenvalue weighted by atomic mass is 16.5. The van der Waals surface area contributed by atoms with Crippen molar-refractivity contribution < 1.29 is 19.0 Å². The zero-order valence-electron chi connectivity index (χ0n) is 18.0. The molecule has 0 spiro atoms. The Bertz CT molecular complexity index is 1020. The van der Waals surface area contributed by atoms with Crippen LogP contribution in [-0.4, -0.2) is 48.8 Å². The Kier molecular flexibility index (Phi) is 7.14. The number of hydrogen-bond donors (Lipinski definition) is 1. The number of nitrogens with zero attached hydrogens (tertiary/aromatic N) is 3. The molecule has 166 valence electrons. The minimum absolute atomic E-state index is 0.154. The molecule has 0 atom stereocenters. The molecular formula is C24H26N4O4. The van der Waals surface area contributed by atoms with Crippen molar-refractivity contribution in [1.29, 1.82) is 0 Å². The van der Waals surface area contributed by atoms with Crippen LogP contribution in [0.25, 0.3) is 0 Å². The van der Waals surface area contributed by atoms with Crippen LogP contribution in [0.3, 0.4) is 0 Å². The first-order valence-electron chi connectivity index (χ1n) is 10.6. The fraction of sp³-hybridized carbons (Fsp3) is 0.292. The summed E-state index contributed by atoms with van der Waals surface area (Å²) in [5.74, 6) is 2.37. The Morgan fingerprint density at radius 3 is 2.41 bits per heavy atom. The second-order valence-corrected chi connectivity index (χ2v) is 7.17. The van der Waals surface area contributed by atoms with Crippen LogP contribution in [0.4, 0.5) is 5.82 Å². The highest BCUT2D eigenvalue weighted by molar-refractivity contribution is 5.94. The van der Waals surface area contributed by atoms with Crippen LogP contribution in [0.5, 0.6) is 17.4 Å². The van der Waals surface area contributed by atoms with Crippen LogP contribution >= 0.6 is 0 Å². The number of rotatable bonds is 8. The fourth-order valence-corrected chi connectivity index (χ4v) is 3.32. The first-order valence-corrected chi connectivity index (χ1v) is 10.6. The molecule has 1 amide bonds. The number of hydrogen-bond acceptors (Lipinski definition) is 7. The lowest BCUT2D eigenvalue weighted by Crippen LogP contribution is -2.37. The van der Waals surface area contributed by atoms with Gasteiger partial charge in [0, 0.05) is 37.6 Å². The monoisotopic (exact) mass is 434 g/mol. The molecule has 32 heavy (non-hydrogen) atoms. The summed E-state index contributed by atoms with van der Waals surface area (Å²) in [6.07, 6.45) is 3.25. The molecule has 0 radical (unpaired) electrons. The summed E-state index contributed by atoms with van der Waals surface area (Å²) in [7, 11) is 0. The summed E-state index contributed by atoms with van der Waals surface area (Å²) < 4.78 is 16.8. The predicted molar refractivity (Wildman–Crippen MR) is 120 cm³/mol. The van der Waals surface area contributed by atoms with Crippen molar-refractivity contribution in [1.82, 2.24) is 15.3 Å². The highest BCUT2D eigenvalue weighted by Crippen LogP contribution is 2.28. The molecule has 1 N–H and O–H groups in total. The Balaban J connectivity index is 1.35. The van der Waals surface area contributed by atoms with Gasteiger partial charge in [0.2, 0.25) is 0 Å². The molecule has 0 aliphatic carbocycles. The number of morpholine rings is 1. The van der Waals surface area contributed by atoms with Crippen molar-refractivity contribution in [3.8, 4) is 17.4 Å². The SMILES string of the molecule is CCOc1ccc(CNC(=O)c2ccc(Oc3nccnc3N3CCOCC3)cc2)cc1. The summed E-state index contributed by atoms with van der Waals surface area (Å²) in [4.78, 5) is 23.3. The van der Waals surface area contributed by atoms with Gasteiger partial charge >= 0.3 is 0 Å². The third-order valence-electron chi connectivity index (χ3n) is 4.98. The number of amides is 1. The zero-order chi connectivity index (χ0) is 22.2. The van der Waals surface area contributed by atoms with Crippen LogP contribution in [0.15, 0.2) is 60.9 Å². The van der Waals surface area contributed by atoms with Crippen LogP contribution in [0.2, 0.25) is 0 Å². The quantitative estimate of drug-likeness (QED) is 0.581. The normalized spacial score (nSPS) is 13.5. The molecule has 1 aliphatic heterocycles. The van der Waals surface area contributed by atoms with Gasteiger partial charge in [0.1, 0.15) is 11.5 Å². The largest absolute Gasteiger partial charge is 0.494 e. The highest BCUT2D eigenvalue weighted by Gasteiger charge is 2.18. The molecule has 0 saturated carbocycles. The molecular weight excluding hydrogens is 408 g/mol. The van der Waals surface area contributed by atoms with E-state index in [0.717, 1.165) is 24.4 Å². The summed E-state index contributed by atoms with van der Waals surface area (Å²) in [6.45, 7) is 5.78.